The van der Waals surface area contributed by atoms with E-state index in [1.807, 2.05) is 26.0 Å². The highest BCUT2D eigenvalue weighted by Crippen LogP contribution is 2.10. The largest absolute Gasteiger partial charge is 0.450 e. The zero-order valence-electron chi connectivity index (χ0n) is 12.5. The molecule has 0 aliphatic rings. The Kier molecular flexibility index (Phi) is 7.02. The van der Waals surface area contributed by atoms with E-state index in [0.29, 0.717) is 11.6 Å². The molecule has 0 aliphatic carbocycles. The van der Waals surface area contributed by atoms with Crippen molar-refractivity contribution in [3.8, 4) is 0 Å². The number of carbonyl (C=O) groups is 2. The van der Waals surface area contributed by atoms with Crippen LogP contribution in [0.1, 0.15) is 26.3 Å². The lowest BCUT2D eigenvalue weighted by molar-refractivity contribution is -0.124. The molecule has 6 heteroatoms. The monoisotopic (exact) mass is 312 g/mol. The Bertz CT molecular complexity index is 492. The summed E-state index contributed by atoms with van der Waals surface area (Å²) in [4.78, 5) is 23.6. The van der Waals surface area contributed by atoms with Crippen LogP contribution in [0, 0.1) is 5.92 Å². The van der Waals surface area contributed by atoms with Crippen molar-refractivity contribution in [3.63, 3.8) is 0 Å². The Balaban J connectivity index is 2.59. The predicted molar refractivity (Wildman–Crippen MR) is 82.1 cm³/mol. The Labute approximate surface area is 130 Å². The summed E-state index contributed by atoms with van der Waals surface area (Å²) in [6.07, 6.45) is -0.589. The smallest absolute Gasteiger partial charge is 0.407 e. The molecule has 2 amide bonds. The van der Waals surface area contributed by atoms with Gasteiger partial charge in [0.1, 0.15) is 6.04 Å². The Morgan fingerprint density at radius 1 is 1.33 bits per heavy atom. The molecule has 0 saturated heterocycles. The summed E-state index contributed by atoms with van der Waals surface area (Å²) in [7, 11) is 0. The normalized spacial score (nSPS) is 11.9. The van der Waals surface area contributed by atoms with E-state index >= 15 is 0 Å². The average Bonchev–Trinajstić information content (AvgIpc) is 2.42. The quantitative estimate of drug-likeness (QED) is 0.848. The first-order valence-corrected chi connectivity index (χ1v) is 7.27. The molecule has 0 fully saturated rings. The molecule has 1 rings (SSSR count). The second-order valence-corrected chi connectivity index (χ2v) is 5.37. The molecule has 0 heterocycles. The summed E-state index contributed by atoms with van der Waals surface area (Å²) in [6.45, 7) is 6.04. The third-order valence-corrected chi connectivity index (χ3v) is 3.09. The van der Waals surface area contributed by atoms with Crippen molar-refractivity contribution in [1.82, 2.24) is 10.6 Å². The molecular weight excluding hydrogens is 292 g/mol. The molecule has 1 unspecified atom stereocenters. The molecule has 1 atom stereocenters. The number of amides is 2. The number of carbonyl (C=O) groups excluding carboxylic acids is 2. The minimum atomic E-state index is -0.636. The number of halogens is 1. The van der Waals surface area contributed by atoms with Crippen LogP contribution in [-0.4, -0.2) is 24.6 Å². The number of benzene rings is 1. The van der Waals surface area contributed by atoms with Gasteiger partial charge in [0.2, 0.25) is 5.91 Å². The van der Waals surface area contributed by atoms with E-state index in [4.69, 9.17) is 16.3 Å². The first-order valence-electron chi connectivity index (χ1n) is 6.89. The van der Waals surface area contributed by atoms with Crippen LogP contribution >= 0.6 is 11.6 Å². The minimum Gasteiger partial charge on any atom is -0.450 e. The number of alkyl carbamates (subject to hydrolysis) is 1. The van der Waals surface area contributed by atoms with Crippen LogP contribution in [0.2, 0.25) is 5.02 Å². The maximum atomic E-state index is 12.2. The van der Waals surface area contributed by atoms with Crippen LogP contribution in [0.4, 0.5) is 4.79 Å². The molecule has 1 aromatic carbocycles. The maximum absolute atomic E-state index is 12.2. The molecule has 0 radical (unpaired) electrons. The molecule has 5 nitrogen and oxygen atoms in total. The molecule has 0 aromatic heterocycles. The standard InChI is InChI=1S/C15H21ClN2O3/c1-4-21-15(20)18-13(10(2)3)14(19)17-9-11-6-5-7-12(16)8-11/h5-8,10,13H,4,9H2,1-3H3,(H,17,19)(H,18,20). The molecule has 2 N–H and O–H groups in total. The summed E-state index contributed by atoms with van der Waals surface area (Å²) < 4.78 is 4.80. The van der Waals surface area contributed by atoms with Crippen LogP contribution in [0.15, 0.2) is 24.3 Å². The second kappa shape index (κ2) is 8.52. The van der Waals surface area contributed by atoms with E-state index in [1.165, 1.54) is 0 Å². The van der Waals surface area contributed by atoms with E-state index in [-0.39, 0.29) is 18.4 Å². The molecule has 21 heavy (non-hydrogen) atoms. The number of hydrogen-bond acceptors (Lipinski definition) is 3. The van der Waals surface area contributed by atoms with E-state index < -0.39 is 12.1 Å². The molecule has 0 saturated carbocycles. The summed E-state index contributed by atoms with van der Waals surface area (Å²) in [5.74, 6) is -0.299. The minimum absolute atomic E-state index is 0.0474. The van der Waals surface area contributed by atoms with E-state index in [1.54, 1.807) is 19.1 Å². The topological polar surface area (TPSA) is 67.4 Å². The second-order valence-electron chi connectivity index (χ2n) is 4.93. The highest BCUT2D eigenvalue weighted by Gasteiger charge is 2.24. The maximum Gasteiger partial charge on any atom is 0.407 e. The van der Waals surface area contributed by atoms with Crippen LogP contribution in [-0.2, 0) is 16.1 Å². The fourth-order valence-electron chi connectivity index (χ4n) is 1.78. The fourth-order valence-corrected chi connectivity index (χ4v) is 1.99. The summed E-state index contributed by atoms with van der Waals surface area (Å²) in [5, 5.41) is 5.97. The fraction of sp³-hybridized carbons (Fsp3) is 0.467. The number of rotatable bonds is 6. The number of ether oxygens (including phenoxy) is 1. The molecule has 116 valence electrons. The molecule has 0 aliphatic heterocycles. The number of hydrogen-bond donors (Lipinski definition) is 2. The van der Waals surface area contributed by atoms with Crippen LogP contribution in [0.5, 0.6) is 0 Å². The molecule has 1 aromatic rings. The number of nitrogens with one attached hydrogen (secondary N) is 2. The Morgan fingerprint density at radius 2 is 2.05 bits per heavy atom. The Morgan fingerprint density at radius 3 is 2.62 bits per heavy atom. The highest BCUT2D eigenvalue weighted by atomic mass is 35.5. The van der Waals surface area contributed by atoms with Gasteiger partial charge in [-0.3, -0.25) is 4.79 Å². The van der Waals surface area contributed by atoms with Gasteiger partial charge in [-0.25, -0.2) is 4.79 Å². The molecule has 0 spiro atoms. The van der Waals surface area contributed by atoms with Gasteiger partial charge in [-0.2, -0.15) is 0 Å². The molecular formula is C15H21ClN2O3. The lowest BCUT2D eigenvalue weighted by Gasteiger charge is -2.21. The van der Waals surface area contributed by atoms with Gasteiger partial charge in [0.05, 0.1) is 6.61 Å². The third-order valence-electron chi connectivity index (χ3n) is 2.85. The Hall–Kier alpha value is -1.75. The third kappa shape index (κ3) is 6.04. The van der Waals surface area contributed by atoms with E-state index in [9.17, 15) is 9.59 Å². The average molecular weight is 313 g/mol. The first kappa shape index (κ1) is 17.3. The van der Waals surface area contributed by atoms with Crippen molar-refractivity contribution in [3.05, 3.63) is 34.9 Å². The lowest BCUT2D eigenvalue weighted by atomic mass is 10.0. The van der Waals surface area contributed by atoms with Crippen molar-refractivity contribution in [2.75, 3.05) is 6.61 Å². The van der Waals surface area contributed by atoms with Gasteiger partial charge in [-0.1, -0.05) is 37.6 Å². The van der Waals surface area contributed by atoms with Crippen molar-refractivity contribution in [2.24, 2.45) is 5.92 Å². The summed E-state index contributed by atoms with van der Waals surface area (Å²) >= 11 is 5.89. The predicted octanol–water partition coefficient (Wildman–Crippen LogP) is 2.73. The van der Waals surface area contributed by atoms with Gasteiger partial charge >= 0.3 is 6.09 Å². The van der Waals surface area contributed by atoms with E-state index in [2.05, 4.69) is 10.6 Å². The van der Waals surface area contributed by atoms with Crippen LogP contribution < -0.4 is 10.6 Å². The summed E-state index contributed by atoms with van der Waals surface area (Å²) in [6, 6.07) is 6.61. The van der Waals surface area contributed by atoms with Gasteiger partial charge in [0.25, 0.3) is 0 Å². The van der Waals surface area contributed by atoms with Gasteiger partial charge < -0.3 is 15.4 Å². The van der Waals surface area contributed by atoms with Crippen molar-refractivity contribution in [1.29, 1.82) is 0 Å². The van der Waals surface area contributed by atoms with Gasteiger partial charge in [-0.15, -0.1) is 0 Å². The van der Waals surface area contributed by atoms with Crippen molar-refractivity contribution in [2.45, 2.75) is 33.4 Å². The van der Waals surface area contributed by atoms with Crippen molar-refractivity contribution < 1.29 is 14.3 Å². The summed E-state index contributed by atoms with van der Waals surface area (Å²) in [5.41, 5.74) is 0.898. The first-order chi connectivity index (χ1) is 9.93. The van der Waals surface area contributed by atoms with Crippen LogP contribution in [0.3, 0.4) is 0 Å². The van der Waals surface area contributed by atoms with Crippen LogP contribution in [0.25, 0.3) is 0 Å². The highest BCUT2D eigenvalue weighted by molar-refractivity contribution is 6.30. The zero-order chi connectivity index (χ0) is 15.8. The van der Waals surface area contributed by atoms with Gasteiger partial charge in [0, 0.05) is 11.6 Å². The van der Waals surface area contributed by atoms with E-state index in [0.717, 1.165) is 5.56 Å². The zero-order valence-corrected chi connectivity index (χ0v) is 13.2. The SMILES string of the molecule is CCOC(=O)NC(C(=O)NCc1cccc(Cl)c1)C(C)C. The molecule has 0 bridgehead atoms. The van der Waals surface area contributed by atoms with Crippen molar-refractivity contribution >= 4 is 23.6 Å². The lowest BCUT2D eigenvalue weighted by Crippen LogP contribution is -2.49. The van der Waals surface area contributed by atoms with Gasteiger partial charge in [-0.05, 0) is 30.5 Å². The van der Waals surface area contributed by atoms with Gasteiger partial charge in [0.15, 0.2) is 0 Å².